The number of halogens is 4. The first-order chi connectivity index (χ1) is 22.2. The molecule has 9 rings (SSSR count). The van der Waals surface area contributed by atoms with Gasteiger partial charge in [-0.25, -0.2) is 13.2 Å². The number of nitrogens with zero attached hydrogens (tertiary/aromatic N) is 5. The predicted molar refractivity (Wildman–Crippen MR) is 168 cm³/mol. The standard InChI is InChI=1S/C32H28ClF3N6O3S/c33-23-21(17-2-3-19(35)27-20(17)18(9-37)28(38)46-27)24(36)25-22-26(23)44-14-32-6-4-16(11-43-12-32)42(32)29(22)40-30(39-25)45-13-31-5-1-7-41(31)10-15(34)8-31/h2-3,15-16H,1,4-8,10-14,38H2/t15-,16?,31+,32?/m1/s1. The number of rotatable bonds is 4. The number of nitrogen functional groups attached to an aromatic ring is 1. The fourth-order valence-corrected chi connectivity index (χ4v) is 9.83. The van der Waals surface area contributed by atoms with Crippen LogP contribution in [0.3, 0.4) is 0 Å². The smallest absolute Gasteiger partial charge is 0.319 e. The maximum atomic E-state index is 17.2. The largest absolute Gasteiger partial charge is 0.489 e. The topological polar surface area (TPSA) is 110 Å². The first kappa shape index (κ1) is 28.6. The zero-order valence-corrected chi connectivity index (χ0v) is 26.1. The second-order valence-electron chi connectivity index (χ2n) is 13.1. The van der Waals surface area contributed by atoms with Crippen molar-refractivity contribution in [2.75, 3.05) is 50.2 Å². The molecule has 0 aliphatic carbocycles. The Morgan fingerprint density at radius 2 is 2.09 bits per heavy atom. The van der Waals surface area contributed by atoms with Gasteiger partial charge in [0.05, 0.1) is 51.0 Å². The highest BCUT2D eigenvalue weighted by Crippen LogP contribution is 2.54. The van der Waals surface area contributed by atoms with E-state index < -0.39 is 28.9 Å². The van der Waals surface area contributed by atoms with Crippen LogP contribution in [0.1, 0.15) is 37.7 Å². The van der Waals surface area contributed by atoms with E-state index in [1.165, 1.54) is 12.1 Å². The van der Waals surface area contributed by atoms with Gasteiger partial charge in [-0.1, -0.05) is 17.7 Å². The molecule has 7 heterocycles. The van der Waals surface area contributed by atoms with E-state index in [0.717, 1.165) is 43.6 Å². The molecule has 238 valence electrons. The molecule has 4 atom stereocenters. The monoisotopic (exact) mass is 668 g/mol. The highest BCUT2D eigenvalue weighted by atomic mass is 35.5. The summed E-state index contributed by atoms with van der Waals surface area (Å²) in [7, 11) is 0. The third-order valence-corrected chi connectivity index (χ3v) is 12.0. The SMILES string of the molecule is N#Cc1c(N)sc2c(F)ccc(-c3c(Cl)c4c5c(nc(OC[C@@]67CCCN6C[C@H](F)C7)nc5c3F)N3C5CCC3(COC5)CO4)c12. The average Bonchev–Trinajstić information content (AvgIpc) is 3.70. The van der Waals surface area contributed by atoms with Crippen LogP contribution in [-0.4, -0.2) is 77.7 Å². The van der Waals surface area contributed by atoms with Gasteiger partial charge < -0.3 is 24.8 Å². The van der Waals surface area contributed by atoms with Gasteiger partial charge in [0.25, 0.3) is 0 Å². The van der Waals surface area contributed by atoms with Crippen LogP contribution in [0.4, 0.5) is 24.0 Å². The molecule has 2 aromatic carbocycles. The highest BCUT2D eigenvalue weighted by molar-refractivity contribution is 7.23. The summed E-state index contributed by atoms with van der Waals surface area (Å²) in [4.78, 5) is 13.8. The van der Waals surface area contributed by atoms with Crippen molar-refractivity contribution < 1.29 is 27.4 Å². The summed E-state index contributed by atoms with van der Waals surface area (Å²) < 4.78 is 65.5. The van der Waals surface area contributed by atoms with Gasteiger partial charge in [0.1, 0.15) is 47.6 Å². The number of hydrogen-bond acceptors (Lipinski definition) is 10. The number of ether oxygens (including phenoxy) is 3. The van der Waals surface area contributed by atoms with Crippen molar-refractivity contribution in [1.82, 2.24) is 14.9 Å². The molecule has 0 amide bonds. The molecule has 4 fully saturated rings. The fraction of sp³-hybridized carbons (Fsp3) is 0.469. The van der Waals surface area contributed by atoms with Crippen molar-refractivity contribution in [3.05, 3.63) is 34.4 Å². The summed E-state index contributed by atoms with van der Waals surface area (Å²) in [5.74, 6) is -0.731. The number of hydrogen-bond donors (Lipinski definition) is 1. The lowest BCUT2D eigenvalue weighted by Crippen LogP contribution is -2.58. The minimum Gasteiger partial charge on any atom is -0.489 e. The summed E-state index contributed by atoms with van der Waals surface area (Å²) >= 11 is 7.98. The van der Waals surface area contributed by atoms with E-state index in [1.807, 2.05) is 6.07 Å². The van der Waals surface area contributed by atoms with E-state index in [2.05, 4.69) is 14.8 Å². The van der Waals surface area contributed by atoms with Crippen LogP contribution in [0.5, 0.6) is 11.8 Å². The molecule has 2 N–H and O–H groups in total. The van der Waals surface area contributed by atoms with E-state index >= 15 is 4.39 Å². The summed E-state index contributed by atoms with van der Waals surface area (Å²) in [5, 5.41) is 10.5. The van der Waals surface area contributed by atoms with E-state index in [9.17, 15) is 14.0 Å². The third-order valence-electron chi connectivity index (χ3n) is 10.6. The lowest BCUT2D eigenvalue weighted by atomic mass is 9.95. The quantitative estimate of drug-likeness (QED) is 0.281. The Morgan fingerprint density at radius 3 is 2.93 bits per heavy atom. The molecular weight excluding hydrogens is 641 g/mol. The number of nitriles is 1. The Bertz CT molecular complexity index is 2020. The predicted octanol–water partition coefficient (Wildman–Crippen LogP) is 5.98. The molecule has 0 spiro atoms. The van der Waals surface area contributed by atoms with Crippen molar-refractivity contribution in [2.24, 2.45) is 0 Å². The van der Waals surface area contributed by atoms with Crippen molar-refractivity contribution in [2.45, 2.75) is 55.4 Å². The highest BCUT2D eigenvalue weighted by Gasteiger charge is 2.54. The van der Waals surface area contributed by atoms with Gasteiger partial charge in [-0.15, -0.1) is 11.3 Å². The van der Waals surface area contributed by atoms with E-state index in [4.69, 9.17) is 36.5 Å². The third kappa shape index (κ3) is 3.81. The lowest BCUT2D eigenvalue weighted by Gasteiger charge is -2.43. The number of morpholine rings is 1. The molecular formula is C32H28ClF3N6O3S. The number of nitrogens with two attached hydrogens (primary N) is 1. The van der Waals surface area contributed by atoms with Crippen LogP contribution in [0.2, 0.25) is 5.02 Å². The van der Waals surface area contributed by atoms with Crippen molar-refractivity contribution >= 4 is 54.7 Å². The van der Waals surface area contributed by atoms with E-state index in [0.29, 0.717) is 37.4 Å². The van der Waals surface area contributed by atoms with Crippen LogP contribution >= 0.6 is 22.9 Å². The van der Waals surface area contributed by atoms with E-state index in [1.54, 1.807) is 0 Å². The fourth-order valence-electron chi connectivity index (χ4n) is 8.55. The molecule has 2 bridgehead atoms. The van der Waals surface area contributed by atoms with Crippen molar-refractivity contribution in [1.29, 1.82) is 5.26 Å². The average molecular weight is 669 g/mol. The van der Waals surface area contributed by atoms with Gasteiger partial charge in [0.15, 0.2) is 11.6 Å². The summed E-state index contributed by atoms with van der Waals surface area (Å²) in [5.41, 5.74) is 5.14. The number of fused-ring (bicyclic) bond motifs is 2. The number of alkyl halides is 1. The number of aromatic nitrogens is 2. The molecule has 5 aliphatic rings. The van der Waals surface area contributed by atoms with Crippen LogP contribution in [0, 0.1) is 23.0 Å². The molecule has 9 nitrogen and oxygen atoms in total. The maximum Gasteiger partial charge on any atom is 0.319 e. The molecule has 0 radical (unpaired) electrons. The molecule has 0 saturated carbocycles. The molecule has 2 aromatic heterocycles. The van der Waals surface area contributed by atoms with Crippen LogP contribution in [0.25, 0.3) is 32.1 Å². The molecule has 46 heavy (non-hydrogen) atoms. The first-order valence-corrected chi connectivity index (χ1v) is 16.6. The van der Waals surface area contributed by atoms with Crippen LogP contribution in [-0.2, 0) is 4.74 Å². The number of benzene rings is 2. The Kier molecular flexibility index (Phi) is 6.20. The van der Waals surface area contributed by atoms with Gasteiger partial charge in [-0.05, 0) is 43.9 Å². The summed E-state index contributed by atoms with van der Waals surface area (Å²) in [6, 6.07) is 4.58. The van der Waals surface area contributed by atoms with Crippen molar-refractivity contribution in [3.63, 3.8) is 0 Å². The normalized spacial score (nSPS) is 28.3. The second kappa shape index (κ2) is 9.97. The van der Waals surface area contributed by atoms with Gasteiger partial charge >= 0.3 is 6.01 Å². The number of anilines is 2. The summed E-state index contributed by atoms with van der Waals surface area (Å²) in [6.07, 6.45) is 2.77. The number of thiophene rings is 1. The maximum absolute atomic E-state index is 17.2. The minimum atomic E-state index is -0.936. The Labute approximate surface area is 270 Å². The second-order valence-corrected chi connectivity index (χ2v) is 14.5. The van der Waals surface area contributed by atoms with Gasteiger partial charge in [0, 0.05) is 23.9 Å². The Morgan fingerprint density at radius 1 is 1.22 bits per heavy atom. The molecule has 4 aromatic rings. The van der Waals surface area contributed by atoms with Gasteiger partial charge in [-0.2, -0.15) is 15.2 Å². The van der Waals surface area contributed by atoms with E-state index in [-0.39, 0.29) is 73.3 Å². The van der Waals surface area contributed by atoms with Gasteiger partial charge in [-0.3, -0.25) is 4.90 Å². The lowest BCUT2D eigenvalue weighted by molar-refractivity contribution is 0.0338. The zero-order chi connectivity index (χ0) is 31.5. The Hall–Kier alpha value is -3.57. The molecule has 2 unspecified atom stereocenters. The molecule has 14 heteroatoms. The first-order valence-electron chi connectivity index (χ1n) is 15.4. The molecule has 4 saturated heterocycles. The Balaban J connectivity index is 1.28. The summed E-state index contributed by atoms with van der Waals surface area (Å²) in [6.45, 7) is 2.41. The van der Waals surface area contributed by atoms with Crippen molar-refractivity contribution in [3.8, 4) is 29.0 Å². The van der Waals surface area contributed by atoms with Gasteiger partial charge in [0.2, 0.25) is 0 Å². The molecule has 5 aliphatic heterocycles. The zero-order valence-electron chi connectivity index (χ0n) is 24.5. The van der Waals surface area contributed by atoms with Crippen LogP contribution in [0.15, 0.2) is 12.1 Å². The minimum absolute atomic E-state index is 0.0227. The van der Waals surface area contributed by atoms with Crippen LogP contribution < -0.4 is 20.1 Å².